The lowest BCUT2D eigenvalue weighted by Crippen LogP contribution is -1.99. The van der Waals surface area contributed by atoms with Crippen molar-refractivity contribution in [1.82, 2.24) is 0 Å². The van der Waals surface area contributed by atoms with Crippen LogP contribution in [0.15, 0.2) is 66.2 Å². The standard InChI is InChI=1S/C18H16O/c1-13-17(19)12-16(14-8-4-2-5-9-14)18(13)15-10-6-3-7-11-15/h2-11,16H,12H2,1H3. The average Bonchev–Trinajstić information content (AvgIpc) is 2.77. The summed E-state index contributed by atoms with van der Waals surface area (Å²) in [5.41, 5.74) is 4.50. The van der Waals surface area contributed by atoms with E-state index in [4.69, 9.17) is 0 Å². The first-order valence-corrected chi connectivity index (χ1v) is 6.61. The summed E-state index contributed by atoms with van der Waals surface area (Å²) in [5, 5.41) is 0. The van der Waals surface area contributed by atoms with Gasteiger partial charge in [0.05, 0.1) is 0 Å². The van der Waals surface area contributed by atoms with Crippen LogP contribution in [0.4, 0.5) is 0 Å². The molecule has 3 rings (SSSR count). The molecule has 1 aliphatic rings. The molecule has 1 atom stereocenters. The predicted molar refractivity (Wildman–Crippen MR) is 77.8 cm³/mol. The minimum absolute atomic E-state index is 0.205. The molecular weight excluding hydrogens is 232 g/mol. The van der Waals surface area contributed by atoms with E-state index in [-0.39, 0.29) is 11.7 Å². The second kappa shape index (κ2) is 4.85. The Morgan fingerprint density at radius 2 is 1.47 bits per heavy atom. The monoisotopic (exact) mass is 248 g/mol. The Labute approximate surface area is 113 Å². The van der Waals surface area contributed by atoms with Crippen molar-refractivity contribution in [2.24, 2.45) is 0 Å². The van der Waals surface area contributed by atoms with Gasteiger partial charge in [-0.05, 0) is 29.2 Å². The number of hydrogen-bond acceptors (Lipinski definition) is 1. The first-order valence-electron chi connectivity index (χ1n) is 6.61. The summed E-state index contributed by atoms with van der Waals surface area (Å²) in [6.45, 7) is 1.95. The van der Waals surface area contributed by atoms with E-state index in [1.54, 1.807) is 0 Å². The van der Waals surface area contributed by atoms with Gasteiger partial charge in [0.2, 0.25) is 0 Å². The normalized spacial score (nSPS) is 19.0. The molecule has 0 spiro atoms. The summed E-state index contributed by atoms with van der Waals surface area (Å²) in [7, 11) is 0. The number of Topliss-reactive ketones (excluding diaryl/α,β-unsaturated/α-hetero) is 1. The van der Waals surface area contributed by atoms with Crippen LogP contribution in [0.3, 0.4) is 0 Å². The molecule has 1 heteroatoms. The smallest absolute Gasteiger partial charge is 0.159 e. The minimum Gasteiger partial charge on any atom is -0.295 e. The molecule has 94 valence electrons. The van der Waals surface area contributed by atoms with Crippen molar-refractivity contribution in [3.05, 3.63) is 77.4 Å². The van der Waals surface area contributed by atoms with Gasteiger partial charge in [0.1, 0.15) is 0 Å². The first kappa shape index (κ1) is 11.9. The van der Waals surface area contributed by atoms with Crippen molar-refractivity contribution in [1.29, 1.82) is 0 Å². The summed E-state index contributed by atoms with van der Waals surface area (Å²) < 4.78 is 0. The molecule has 0 fully saturated rings. The molecule has 0 radical (unpaired) electrons. The highest BCUT2D eigenvalue weighted by Crippen LogP contribution is 2.43. The Bertz CT molecular complexity index is 623. The van der Waals surface area contributed by atoms with E-state index in [1.807, 2.05) is 43.3 Å². The zero-order valence-electron chi connectivity index (χ0n) is 11.0. The molecule has 0 bridgehead atoms. The zero-order chi connectivity index (χ0) is 13.2. The van der Waals surface area contributed by atoms with Crippen molar-refractivity contribution >= 4 is 11.4 Å². The van der Waals surface area contributed by atoms with Crippen LogP contribution in [0.1, 0.15) is 30.4 Å². The summed E-state index contributed by atoms with van der Waals surface area (Å²) in [6.07, 6.45) is 0.597. The van der Waals surface area contributed by atoms with Crippen molar-refractivity contribution in [2.45, 2.75) is 19.3 Å². The lowest BCUT2D eigenvalue weighted by molar-refractivity contribution is -0.115. The van der Waals surface area contributed by atoms with Gasteiger partial charge in [-0.2, -0.15) is 0 Å². The van der Waals surface area contributed by atoms with Crippen molar-refractivity contribution < 1.29 is 4.79 Å². The van der Waals surface area contributed by atoms with Crippen LogP contribution in [0, 0.1) is 0 Å². The number of carbonyl (C=O) groups excluding carboxylic acids is 1. The van der Waals surface area contributed by atoms with Gasteiger partial charge in [0, 0.05) is 12.3 Å². The maximum Gasteiger partial charge on any atom is 0.159 e. The van der Waals surface area contributed by atoms with E-state index in [0.29, 0.717) is 6.42 Å². The van der Waals surface area contributed by atoms with E-state index in [1.165, 1.54) is 16.7 Å². The maximum absolute atomic E-state index is 12.1. The molecule has 0 amide bonds. The molecule has 0 saturated heterocycles. The third-order valence-corrected chi connectivity index (χ3v) is 3.85. The van der Waals surface area contributed by atoms with Gasteiger partial charge in [0.25, 0.3) is 0 Å². The van der Waals surface area contributed by atoms with Gasteiger partial charge < -0.3 is 0 Å². The summed E-state index contributed by atoms with van der Waals surface area (Å²) >= 11 is 0. The van der Waals surface area contributed by atoms with Crippen molar-refractivity contribution in [3.8, 4) is 0 Å². The molecular formula is C18H16O. The van der Waals surface area contributed by atoms with Gasteiger partial charge in [-0.1, -0.05) is 60.7 Å². The number of allylic oxidation sites excluding steroid dienone is 2. The van der Waals surface area contributed by atoms with Gasteiger partial charge in [-0.3, -0.25) is 4.79 Å². The molecule has 1 aliphatic carbocycles. The van der Waals surface area contributed by atoms with Gasteiger partial charge >= 0.3 is 0 Å². The Morgan fingerprint density at radius 3 is 2.11 bits per heavy atom. The van der Waals surface area contributed by atoms with E-state index in [2.05, 4.69) is 24.3 Å². The second-order valence-electron chi connectivity index (χ2n) is 5.00. The van der Waals surface area contributed by atoms with Crippen molar-refractivity contribution in [2.75, 3.05) is 0 Å². The molecule has 19 heavy (non-hydrogen) atoms. The summed E-state index contributed by atoms with van der Waals surface area (Å²) in [4.78, 5) is 12.1. The quantitative estimate of drug-likeness (QED) is 0.777. The van der Waals surface area contributed by atoms with E-state index < -0.39 is 0 Å². The van der Waals surface area contributed by atoms with Gasteiger partial charge in [-0.25, -0.2) is 0 Å². The highest BCUT2D eigenvalue weighted by molar-refractivity contribution is 6.08. The van der Waals surface area contributed by atoms with Gasteiger partial charge in [0.15, 0.2) is 5.78 Å². The highest BCUT2D eigenvalue weighted by Gasteiger charge is 2.31. The fourth-order valence-electron chi connectivity index (χ4n) is 2.86. The van der Waals surface area contributed by atoms with Crippen LogP contribution in [0.25, 0.3) is 5.57 Å². The molecule has 0 N–H and O–H groups in total. The Morgan fingerprint density at radius 1 is 0.895 bits per heavy atom. The number of rotatable bonds is 2. The third-order valence-electron chi connectivity index (χ3n) is 3.85. The summed E-state index contributed by atoms with van der Waals surface area (Å²) in [5.74, 6) is 0.476. The number of carbonyl (C=O) groups is 1. The summed E-state index contributed by atoms with van der Waals surface area (Å²) in [6, 6.07) is 20.6. The largest absolute Gasteiger partial charge is 0.295 e. The van der Waals surface area contributed by atoms with Crippen LogP contribution < -0.4 is 0 Å². The molecule has 0 aliphatic heterocycles. The van der Waals surface area contributed by atoms with E-state index in [9.17, 15) is 4.79 Å². The minimum atomic E-state index is 0.205. The number of benzene rings is 2. The van der Waals surface area contributed by atoms with Crippen LogP contribution in [-0.2, 0) is 4.79 Å². The Balaban J connectivity index is 2.10. The molecule has 0 heterocycles. The fraction of sp³-hybridized carbons (Fsp3) is 0.167. The molecule has 1 nitrogen and oxygen atoms in total. The molecule has 2 aromatic rings. The second-order valence-corrected chi connectivity index (χ2v) is 5.00. The van der Waals surface area contributed by atoms with E-state index in [0.717, 1.165) is 5.57 Å². The SMILES string of the molecule is CC1=C(c2ccccc2)C(c2ccccc2)CC1=O. The molecule has 2 aromatic carbocycles. The van der Waals surface area contributed by atoms with Crippen LogP contribution in [-0.4, -0.2) is 5.78 Å². The highest BCUT2D eigenvalue weighted by atomic mass is 16.1. The zero-order valence-corrected chi connectivity index (χ0v) is 11.0. The van der Waals surface area contributed by atoms with Crippen LogP contribution >= 0.6 is 0 Å². The Hall–Kier alpha value is -2.15. The third kappa shape index (κ3) is 2.12. The lowest BCUT2D eigenvalue weighted by Gasteiger charge is -2.15. The number of ketones is 1. The number of hydrogen-bond donors (Lipinski definition) is 0. The fourth-order valence-corrected chi connectivity index (χ4v) is 2.86. The first-order chi connectivity index (χ1) is 9.27. The van der Waals surface area contributed by atoms with Crippen LogP contribution in [0.2, 0.25) is 0 Å². The lowest BCUT2D eigenvalue weighted by atomic mass is 9.88. The molecule has 0 aromatic heterocycles. The molecule has 1 unspecified atom stereocenters. The van der Waals surface area contributed by atoms with Crippen molar-refractivity contribution in [3.63, 3.8) is 0 Å². The van der Waals surface area contributed by atoms with Crippen LogP contribution in [0.5, 0.6) is 0 Å². The average molecular weight is 248 g/mol. The Kier molecular flexibility index (Phi) is 3.04. The van der Waals surface area contributed by atoms with E-state index >= 15 is 0 Å². The topological polar surface area (TPSA) is 17.1 Å². The van der Waals surface area contributed by atoms with Gasteiger partial charge in [-0.15, -0.1) is 0 Å². The maximum atomic E-state index is 12.1. The predicted octanol–water partition coefficient (Wildman–Crippen LogP) is 4.22. The molecule has 0 saturated carbocycles.